The Morgan fingerprint density at radius 2 is 0.784 bits per heavy atom. The first-order valence-electron chi connectivity index (χ1n) is 29.0. The van der Waals surface area contributed by atoms with Crippen molar-refractivity contribution < 1.29 is 47.8 Å². The van der Waals surface area contributed by atoms with Crippen LogP contribution in [0.4, 0.5) is 4.39 Å². The van der Waals surface area contributed by atoms with E-state index in [-0.39, 0.29) is 39.6 Å². The first-order chi connectivity index (χ1) is 42.4. The van der Waals surface area contributed by atoms with Crippen molar-refractivity contribution in [1.29, 1.82) is 0 Å². The fourth-order valence-electron chi connectivity index (χ4n) is 9.72. The molecule has 0 fully saturated rings. The molecule has 0 bridgehead atoms. The second-order valence-electron chi connectivity index (χ2n) is 19.6. The maximum absolute atomic E-state index is 12.8. The molecule has 1 unspecified atom stereocenters. The number of benzene rings is 6. The number of hydrogen-bond donors (Lipinski definition) is 1. The van der Waals surface area contributed by atoms with Crippen molar-refractivity contribution >= 4 is 158 Å². The molecule has 0 radical (unpaired) electrons. The minimum Gasteiger partial charge on any atom is -0.477 e. The first-order valence-corrected chi connectivity index (χ1v) is 34.0. The van der Waals surface area contributed by atoms with E-state index in [0.29, 0.717) is 17.7 Å². The smallest absolute Gasteiger partial charge is 0.348 e. The zero-order valence-electron chi connectivity index (χ0n) is 51.3. The number of hydroxylamine groups is 2. The molecule has 0 aliphatic heterocycles. The number of aryl methyl sites for hydroxylation is 5. The number of rotatable bonds is 15. The summed E-state index contributed by atoms with van der Waals surface area (Å²) >= 11 is 11.0. The van der Waals surface area contributed by atoms with Gasteiger partial charge in [-0.05, 0) is 136 Å². The Labute approximate surface area is 542 Å². The number of methoxy groups -OCH3 is 1. The molecule has 460 valence electrons. The number of ketones is 3. The van der Waals surface area contributed by atoms with Gasteiger partial charge < -0.3 is 9.84 Å². The molecule has 11 rings (SSSR count). The number of hydrogen-bond acceptors (Lipinski definition) is 13. The topological polar surface area (TPSA) is 144 Å². The van der Waals surface area contributed by atoms with Gasteiger partial charge in [-0.3, -0.25) is 24.0 Å². The Morgan fingerprint density at radius 3 is 1.15 bits per heavy atom. The molecule has 5 aromatic heterocycles. The van der Waals surface area contributed by atoms with E-state index in [1.165, 1.54) is 107 Å². The third kappa shape index (κ3) is 16.8. The van der Waals surface area contributed by atoms with Gasteiger partial charge in [0.2, 0.25) is 0 Å². The van der Waals surface area contributed by atoms with Crippen LogP contribution in [-0.4, -0.2) is 71.5 Å². The molecule has 0 spiro atoms. The highest BCUT2D eigenvalue weighted by Gasteiger charge is 2.23. The first kappa shape index (κ1) is 70.0. The van der Waals surface area contributed by atoms with E-state index in [1.807, 2.05) is 106 Å². The van der Waals surface area contributed by atoms with E-state index in [0.717, 1.165) is 87.8 Å². The van der Waals surface area contributed by atoms with Gasteiger partial charge >= 0.3 is 11.9 Å². The van der Waals surface area contributed by atoms with Gasteiger partial charge in [0.25, 0.3) is 5.91 Å². The van der Waals surface area contributed by atoms with Crippen LogP contribution in [0.25, 0.3) is 50.4 Å². The zero-order chi connectivity index (χ0) is 64.2. The lowest BCUT2D eigenvalue weighted by atomic mass is 10.1. The van der Waals surface area contributed by atoms with Gasteiger partial charge in [-0.15, -0.1) is 56.7 Å². The van der Waals surface area contributed by atoms with Crippen molar-refractivity contribution in [3.8, 4) is 0 Å². The van der Waals surface area contributed by atoms with Crippen LogP contribution in [0.15, 0.2) is 146 Å². The number of carbonyl (C=O) groups is 6. The van der Waals surface area contributed by atoms with Gasteiger partial charge in [0.1, 0.15) is 15.6 Å². The summed E-state index contributed by atoms with van der Waals surface area (Å²) < 4.78 is 23.4. The number of amides is 1. The van der Waals surface area contributed by atoms with Gasteiger partial charge in [0.15, 0.2) is 17.3 Å². The lowest BCUT2D eigenvalue weighted by Gasteiger charge is -2.13. The Balaban J connectivity index is 0.000000169. The predicted octanol–water partition coefficient (Wildman–Crippen LogP) is 20.4. The Hall–Kier alpha value is -7.09. The van der Waals surface area contributed by atoms with Crippen LogP contribution >= 0.6 is 72.6 Å². The molecule has 0 aliphatic carbocycles. The van der Waals surface area contributed by atoms with Gasteiger partial charge in [-0.1, -0.05) is 168 Å². The number of carboxylic acid groups (broad SMARTS) is 1. The quantitative estimate of drug-likeness (QED) is 0.0459. The number of alkyl halides is 1. The standard InChI is InChI=1S/C13H13BrOS.C13H15NO2S.C13H14OS.C12H12O2S.C11H10O2S.C9H9FO/c1-3-9-10-6-4-5-7-11(10)16-13(9)12(15)8(2)14;1-4-9-10-7-5-6-8-11(10)17-12(9)13(15)14(2)16-3;1-3-9-10-7-5-6-8-12(10)15-13(9)11(14)4-2;1-3-8-9-6-4-5-7-10(9)15-11(8)12(13)14-2;1-2-7-8-5-3-4-6-9(8)14-10(7)11(12)13;1-2-9(11)7-5-3-4-6-8(7)10/h4-8H,3H2,1-2H3;5-8H,4H2,1-3H3;5-8H,3-4H2,1-2H3;4-7H,3H2,1-2H3;3-6H,2H2,1H3,(H,12,13);3-6H,2H2,1H3. The summed E-state index contributed by atoms with van der Waals surface area (Å²) in [5, 5.41) is 16.2. The number of carbonyl (C=O) groups excluding carboxylic acids is 5. The second-order valence-corrected chi connectivity index (χ2v) is 26.2. The number of Topliss-reactive ketones (excluding diaryl/α,β-unsaturated/α-hetero) is 3. The molecule has 0 saturated heterocycles. The summed E-state index contributed by atoms with van der Waals surface area (Å²) in [5.41, 5.74) is 5.77. The highest BCUT2D eigenvalue weighted by molar-refractivity contribution is 9.10. The zero-order valence-corrected chi connectivity index (χ0v) is 57.0. The summed E-state index contributed by atoms with van der Waals surface area (Å²) in [7, 11) is 4.55. The number of fused-ring (bicyclic) bond motifs is 5. The SMILES string of the molecule is CCC(=O)c1ccccc1F.CCC(=O)c1sc2ccccc2c1CC.CCc1c(C(=O)C(C)Br)sc2ccccc12.CCc1c(C(=O)N(C)OC)sc2ccccc12.CCc1c(C(=O)O)sc2ccccc12.CCc1c(C(=O)OC)sc2ccccc12. The van der Waals surface area contributed by atoms with Crippen molar-refractivity contribution in [2.24, 2.45) is 0 Å². The van der Waals surface area contributed by atoms with E-state index in [1.54, 1.807) is 48.8 Å². The second kappa shape index (κ2) is 34.0. The predicted molar refractivity (Wildman–Crippen MR) is 372 cm³/mol. The van der Waals surface area contributed by atoms with E-state index in [2.05, 4.69) is 80.0 Å². The van der Waals surface area contributed by atoms with Gasteiger partial charge in [-0.2, -0.15) is 0 Å². The number of thiophene rings is 5. The summed E-state index contributed by atoms with van der Waals surface area (Å²) in [4.78, 5) is 78.2. The molecular weight excluding hydrogens is 1270 g/mol. The molecule has 10 nitrogen and oxygen atoms in total. The highest BCUT2D eigenvalue weighted by atomic mass is 79.9. The van der Waals surface area contributed by atoms with Gasteiger partial charge in [0, 0.05) is 43.4 Å². The maximum atomic E-state index is 12.8. The summed E-state index contributed by atoms with van der Waals surface area (Å²) in [6.45, 7) is 15.8. The number of carboxylic acids is 1. The van der Waals surface area contributed by atoms with Crippen molar-refractivity contribution in [2.75, 3.05) is 21.3 Å². The van der Waals surface area contributed by atoms with Crippen LogP contribution in [0.5, 0.6) is 0 Å². The minimum absolute atomic E-state index is 0.0782. The van der Waals surface area contributed by atoms with E-state index in [4.69, 9.17) is 14.7 Å². The third-order valence-electron chi connectivity index (χ3n) is 14.2. The third-order valence-corrected chi connectivity index (χ3v) is 20.7. The number of ether oxygens (including phenoxy) is 1. The van der Waals surface area contributed by atoms with E-state index >= 15 is 0 Å². The molecule has 1 N–H and O–H groups in total. The molecule has 1 amide bonds. The molecule has 6 aromatic carbocycles. The van der Waals surface area contributed by atoms with Crippen LogP contribution in [0.1, 0.15) is 155 Å². The van der Waals surface area contributed by atoms with Crippen molar-refractivity contribution in [2.45, 2.75) is 105 Å². The lowest BCUT2D eigenvalue weighted by molar-refractivity contribution is -0.0754. The molecule has 17 heteroatoms. The molecule has 88 heavy (non-hydrogen) atoms. The molecule has 11 aromatic rings. The molecule has 5 heterocycles. The fraction of sp³-hybridized carbons (Fsp3) is 0.268. The van der Waals surface area contributed by atoms with Crippen LogP contribution in [0, 0.1) is 5.82 Å². The number of esters is 1. The average Bonchev–Trinajstić information content (AvgIpc) is 4.58. The summed E-state index contributed by atoms with van der Waals surface area (Å²) in [5.74, 6) is -1.24. The number of halogens is 2. The maximum Gasteiger partial charge on any atom is 0.348 e. The molecule has 0 aliphatic rings. The Morgan fingerprint density at radius 1 is 0.466 bits per heavy atom. The minimum atomic E-state index is -0.817. The van der Waals surface area contributed by atoms with Crippen LogP contribution in [-0.2, 0) is 41.7 Å². The van der Waals surface area contributed by atoms with E-state index < -0.39 is 11.8 Å². The molecule has 0 saturated carbocycles. The summed E-state index contributed by atoms with van der Waals surface area (Å²) in [6, 6.07) is 46.5. The van der Waals surface area contributed by atoms with Crippen molar-refractivity contribution in [1.82, 2.24) is 5.06 Å². The largest absolute Gasteiger partial charge is 0.477 e. The Bertz CT molecular complexity index is 4110. The van der Waals surface area contributed by atoms with Crippen LogP contribution < -0.4 is 0 Å². The van der Waals surface area contributed by atoms with Gasteiger partial charge in [0.05, 0.1) is 39.2 Å². The van der Waals surface area contributed by atoms with Crippen molar-refractivity contribution in [3.05, 3.63) is 209 Å². The number of nitrogens with zero attached hydrogens (tertiary/aromatic N) is 1. The van der Waals surface area contributed by atoms with Crippen LogP contribution in [0.3, 0.4) is 0 Å². The van der Waals surface area contributed by atoms with Gasteiger partial charge in [-0.25, -0.2) is 19.0 Å². The number of aromatic carboxylic acids is 1. The fourth-order valence-corrected chi connectivity index (χ4v) is 16.3. The lowest BCUT2D eigenvalue weighted by Crippen LogP contribution is -2.25. The molecule has 1 atom stereocenters. The van der Waals surface area contributed by atoms with Crippen molar-refractivity contribution in [3.63, 3.8) is 0 Å². The van der Waals surface area contributed by atoms with Crippen LogP contribution in [0.2, 0.25) is 0 Å². The Kier molecular flexibility index (Phi) is 27.1. The molecular formula is C71H73BrFNO9S5. The van der Waals surface area contributed by atoms with E-state index in [9.17, 15) is 33.2 Å². The average molecular weight is 1340 g/mol. The highest BCUT2D eigenvalue weighted by Crippen LogP contribution is 2.37. The monoisotopic (exact) mass is 1340 g/mol. The normalized spacial score (nSPS) is 11.0. The summed E-state index contributed by atoms with van der Waals surface area (Å²) in [6.07, 6.45) is 5.26.